The number of hydrogen-bond donors (Lipinski definition) is 2. The lowest BCUT2D eigenvalue weighted by atomic mass is 9.92. The molecule has 0 spiro atoms. The van der Waals surface area contributed by atoms with Crippen LogP contribution in [0.4, 0.5) is 0 Å². The van der Waals surface area contributed by atoms with Crippen LogP contribution in [0, 0.1) is 0 Å². The molecule has 2 aromatic rings. The molecule has 1 aliphatic carbocycles. The van der Waals surface area contributed by atoms with Gasteiger partial charge >= 0.3 is 0 Å². The van der Waals surface area contributed by atoms with E-state index in [0.29, 0.717) is 5.92 Å². The largest absolute Gasteiger partial charge is 0.494 e. The molecule has 0 saturated carbocycles. The number of hydrogen-bond acceptors (Lipinski definition) is 2. The van der Waals surface area contributed by atoms with Crippen molar-refractivity contribution in [2.75, 3.05) is 7.11 Å². The predicted molar refractivity (Wildman–Crippen MR) is 110 cm³/mol. The van der Waals surface area contributed by atoms with E-state index in [2.05, 4.69) is 28.3 Å². The van der Waals surface area contributed by atoms with Crippen molar-refractivity contribution in [1.82, 2.24) is 9.97 Å². The van der Waals surface area contributed by atoms with Gasteiger partial charge in [-0.15, -0.1) is 0 Å². The van der Waals surface area contributed by atoms with E-state index in [-0.39, 0.29) is 0 Å². The molecular weight excluding hydrogens is 334 g/mol. The van der Waals surface area contributed by atoms with E-state index in [1.807, 2.05) is 24.4 Å². The minimum Gasteiger partial charge on any atom is -0.494 e. The van der Waals surface area contributed by atoms with E-state index in [0.717, 1.165) is 35.7 Å². The highest BCUT2D eigenvalue weighted by molar-refractivity contribution is 6.10. The zero-order valence-electron chi connectivity index (χ0n) is 16.1. The molecule has 1 aliphatic heterocycles. The highest BCUT2D eigenvalue weighted by atomic mass is 16.5. The maximum atomic E-state index is 5.62. The van der Waals surface area contributed by atoms with Crippen LogP contribution < -0.4 is 0 Å². The summed E-state index contributed by atoms with van der Waals surface area (Å²) in [4.78, 5) is 11.6. The van der Waals surface area contributed by atoms with Gasteiger partial charge in [-0.3, -0.25) is 0 Å². The summed E-state index contributed by atoms with van der Waals surface area (Å²) >= 11 is 0. The van der Waals surface area contributed by atoms with E-state index in [9.17, 15) is 0 Å². The highest BCUT2D eigenvalue weighted by Gasteiger charge is 2.20. The summed E-state index contributed by atoms with van der Waals surface area (Å²) in [6.07, 6.45) is 18.7. The first-order valence-corrected chi connectivity index (χ1v) is 10.2. The summed E-state index contributed by atoms with van der Waals surface area (Å²) in [5.74, 6) is 1.22. The molecule has 4 nitrogen and oxygen atoms in total. The molecule has 0 radical (unpaired) electrons. The van der Waals surface area contributed by atoms with Crippen molar-refractivity contribution in [3.8, 4) is 0 Å². The number of aromatic amines is 2. The van der Waals surface area contributed by atoms with Crippen LogP contribution >= 0.6 is 0 Å². The number of ether oxygens (including phenoxy) is 1. The Morgan fingerprint density at radius 3 is 2.78 bits per heavy atom. The number of rotatable bonds is 3. The molecule has 1 atom stereocenters. The smallest absolute Gasteiger partial charge is 0.146 e. The van der Waals surface area contributed by atoms with Crippen molar-refractivity contribution in [3.63, 3.8) is 0 Å². The van der Waals surface area contributed by atoms with Gasteiger partial charge in [0.2, 0.25) is 0 Å². The summed E-state index contributed by atoms with van der Waals surface area (Å²) in [5, 5.41) is 0. The van der Waals surface area contributed by atoms with Gasteiger partial charge in [0.1, 0.15) is 11.5 Å². The number of allylic oxidation sites excluding steroid dienone is 2. The van der Waals surface area contributed by atoms with Crippen molar-refractivity contribution >= 4 is 5.71 Å². The molecule has 3 heterocycles. The third-order valence-electron chi connectivity index (χ3n) is 5.62. The summed E-state index contributed by atoms with van der Waals surface area (Å²) in [6, 6.07) is 6.39. The molecule has 0 aromatic carbocycles. The number of nitrogens with one attached hydrogen (secondary N) is 2. The van der Waals surface area contributed by atoms with Gasteiger partial charge in [0, 0.05) is 30.1 Å². The monoisotopic (exact) mass is 363 g/mol. The third kappa shape index (κ3) is 4.26. The molecule has 0 saturated heterocycles. The van der Waals surface area contributed by atoms with Gasteiger partial charge in [0.05, 0.1) is 18.5 Å². The van der Waals surface area contributed by atoms with Gasteiger partial charge in [-0.25, -0.2) is 4.99 Å². The number of aliphatic imine (C=N–C) groups is 1. The van der Waals surface area contributed by atoms with Crippen LogP contribution in [0.2, 0.25) is 0 Å². The zero-order chi connectivity index (χ0) is 18.5. The van der Waals surface area contributed by atoms with E-state index in [1.54, 1.807) is 7.11 Å². The first kappa shape index (κ1) is 17.9. The molecule has 2 aromatic heterocycles. The molecule has 2 N–H and O–H groups in total. The van der Waals surface area contributed by atoms with Crippen LogP contribution in [0.15, 0.2) is 59.2 Å². The van der Waals surface area contributed by atoms with E-state index in [1.165, 1.54) is 49.8 Å². The molecule has 2 bridgehead atoms. The topological polar surface area (TPSA) is 53.2 Å². The predicted octanol–water partition coefficient (Wildman–Crippen LogP) is 5.63. The molecule has 4 heteroatoms. The first-order valence-electron chi connectivity index (χ1n) is 10.2. The number of methoxy groups -OCH3 is 1. The summed E-state index contributed by atoms with van der Waals surface area (Å²) in [5.41, 5.74) is 5.64. The number of nitrogens with zero attached hydrogens (tertiary/aromatic N) is 1. The number of aromatic nitrogens is 2. The van der Waals surface area contributed by atoms with Gasteiger partial charge in [-0.05, 0) is 49.1 Å². The normalized spacial score (nSPS) is 22.7. The van der Waals surface area contributed by atoms with Crippen molar-refractivity contribution in [1.29, 1.82) is 0 Å². The maximum Gasteiger partial charge on any atom is 0.146 e. The Labute approximate surface area is 161 Å². The summed E-state index contributed by atoms with van der Waals surface area (Å²) < 4.78 is 5.62. The Balaban J connectivity index is 1.62. The second-order valence-electron chi connectivity index (χ2n) is 7.57. The highest BCUT2D eigenvalue weighted by Crippen LogP contribution is 2.31. The molecule has 27 heavy (non-hydrogen) atoms. The zero-order valence-corrected chi connectivity index (χ0v) is 16.1. The molecule has 0 amide bonds. The second-order valence-corrected chi connectivity index (χ2v) is 7.57. The minimum absolute atomic E-state index is 0.370. The fourth-order valence-corrected chi connectivity index (χ4v) is 4.07. The van der Waals surface area contributed by atoms with Crippen LogP contribution in [0.5, 0.6) is 0 Å². The Kier molecular flexibility index (Phi) is 5.61. The molecule has 2 aliphatic rings. The molecule has 4 rings (SSSR count). The van der Waals surface area contributed by atoms with Gasteiger partial charge in [0.25, 0.3) is 0 Å². The standard InChI is InChI=1S/C23H29N3O/c1-27-23-15-21(20-11-8-12-24-20)26-22(23)14-17-9-6-4-2-3-5-7-10-19-13-18(17)16-25-19/h8,11-17,24-25H,2-7,9-10H2,1H3. The summed E-state index contributed by atoms with van der Waals surface area (Å²) in [6.45, 7) is 0. The average Bonchev–Trinajstić information content (AvgIpc) is 3.42. The van der Waals surface area contributed by atoms with Crippen LogP contribution in [0.1, 0.15) is 67.8 Å². The lowest BCUT2D eigenvalue weighted by Crippen LogP contribution is -1.98. The second kappa shape index (κ2) is 8.47. The van der Waals surface area contributed by atoms with Gasteiger partial charge in [-0.1, -0.05) is 32.1 Å². The fourth-order valence-electron chi connectivity index (χ4n) is 4.07. The Bertz CT molecular complexity index is 839. The number of H-pyrrole nitrogens is 2. The van der Waals surface area contributed by atoms with Gasteiger partial charge in [-0.2, -0.15) is 0 Å². The number of fused-ring (bicyclic) bond motifs is 2. The Hall–Kier alpha value is -2.49. The van der Waals surface area contributed by atoms with Crippen molar-refractivity contribution in [2.24, 2.45) is 4.99 Å². The Morgan fingerprint density at radius 1 is 1.11 bits per heavy atom. The van der Waals surface area contributed by atoms with Crippen molar-refractivity contribution in [3.05, 3.63) is 71.2 Å². The van der Waals surface area contributed by atoms with Gasteiger partial charge < -0.3 is 14.7 Å². The Morgan fingerprint density at radius 2 is 1.96 bits per heavy atom. The lowest BCUT2D eigenvalue weighted by molar-refractivity contribution is 0.302. The fraction of sp³-hybridized carbons (Fsp3) is 0.435. The van der Waals surface area contributed by atoms with Crippen molar-refractivity contribution < 1.29 is 4.74 Å². The quantitative estimate of drug-likeness (QED) is 0.729. The first-order chi connectivity index (χ1) is 13.3. The van der Waals surface area contributed by atoms with Crippen molar-refractivity contribution in [2.45, 2.75) is 57.3 Å². The van der Waals surface area contributed by atoms with E-state index >= 15 is 0 Å². The van der Waals surface area contributed by atoms with Crippen LogP contribution in [-0.2, 0) is 11.2 Å². The minimum atomic E-state index is 0.370. The van der Waals surface area contributed by atoms with Crippen LogP contribution in [0.25, 0.3) is 0 Å². The van der Waals surface area contributed by atoms with Gasteiger partial charge in [0.15, 0.2) is 0 Å². The lowest BCUT2D eigenvalue weighted by Gasteiger charge is -2.13. The molecule has 0 fully saturated rings. The summed E-state index contributed by atoms with van der Waals surface area (Å²) in [7, 11) is 1.72. The third-order valence-corrected chi connectivity index (χ3v) is 5.62. The number of aryl methyl sites for hydroxylation is 1. The maximum absolute atomic E-state index is 5.62. The van der Waals surface area contributed by atoms with E-state index in [4.69, 9.17) is 9.73 Å². The molecule has 142 valence electrons. The SMILES string of the molecule is COC1=CC(c2ccc[nH]2)=NC1=CC1CCCCCCCCc2cc1c[nH]2. The van der Waals surface area contributed by atoms with Crippen LogP contribution in [-0.4, -0.2) is 22.8 Å². The molecular formula is C23H29N3O. The van der Waals surface area contributed by atoms with E-state index < -0.39 is 0 Å². The van der Waals surface area contributed by atoms with Crippen LogP contribution in [0.3, 0.4) is 0 Å². The molecule has 1 unspecified atom stereocenters. The average molecular weight is 364 g/mol.